The molecule has 196 valence electrons. The fraction of sp³-hybridized carbons (Fsp3) is 0.310. The van der Waals surface area contributed by atoms with Crippen LogP contribution in [0.3, 0.4) is 0 Å². The summed E-state index contributed by atoms with van der Waals surface area (Å²) in [5.41, 5.74) is 2.87. The van der Waals surface area contributed by atoms with Crippen molar-refractivity contribution in [3.8, 4) is 5.75 Å². The molecule has 0 aliphatic heterocycles. The zero-order chi connectivity index (χ0) is 26.8. The first kappa shape index (κ1) is 28.9. The Balaban J connectivity index is 1.84. The summed E-state index contributed by atoms with van der Waals surface area (Å²) >= 11 is 13.9. The molecule has 0 aliphatic carbocycles. The molecule has 2 amide bonds. The Morgan fingerprint density at radius 2 is 1.59 bits per heavy atom. The molecule has 0 aromatic heterocycles. The van der Waals surface area contributed by atoms with Crippen LogP contribution in [0.25, 0.3) is 0 Å². The maximum atomic E-state index is 13.7. The van der Waals surface area contributed by atoms with E-state index in [1.54, 1.807) is 24.1 Å². The number of nitrogens with zero attached hydrogens (tertiary/aromatic N) is 1. The van der Waals surface area contributed by atoms with E-state index in [2.05, 4.69) is 5.32 Å². The molecule has 0 heterocycles. The Labute approximate surface area is 233 Å². The average Bonchev–Trinajstić information content (AvgIpc) is 2.88. The van der Waals surface area contributed by atoms with Crippen LogP contribution in [0.4, 0.5) is 0 Å². The van der Waals surface area contributed by atoms with Gasteiger partial charge in [-0.25, -0.2) is 0 Å². The average molecular weight is 560 g/mol. The molecular weight excluding hydrogens is 527 g/mol. The molecule has 5 nitrogen and oxygen atoms in total. The normalized spacial score (nSPS) is 11.7. The third-order valence-corrected chi connectivity index (χ3v) is 7.42. The maximum Gasteiger partial charge on any atom is 0.243 e. The monoisotopic (exact) mass is 558 g/mol. The van der Waals surface area contributed by atoms with Crippen LogP contribution in [0, 0.1) is 0 Å². The third-order valence-electron chi connectivity index (χ3n) is 5.69. The van der Waals surface area contributed by atoms with Crippen LogP contribution in [0.2, 0.25) is 10.0 Å². The summed E-state index contributed by atoms with van der Waals surface area (Å²) in [6.07, 6.45) is 0.398. The lowest BCUT2D eigenvalue weighted by Crippen LogP contribution is -2.52. The molecular formula is C29H32Cl2N2O3S. The minimum Gasteiger partial charge on any atom is -0.497 e. The van der Waals surface area contributed by atoms with Crippen molar-refractivity contribution in [2.75, 3.05) is 12.9 Å². The number of hydrogen-bond acceptors (Lipinski definition) is 4. The zero-order valence-corrected chi connectivity index (χ0v) is 23.6. The summed E-state index contributed by atoms with van der Waals surface area (Å²) in [5.74, 6) is 1.38. The smallest absolute Gasteiger partial charge is 0.243 e. The van der Waals surface area contributed by atoms with Gasteiger partial charge in [0.05, 0.1) is 22.9 Å². The van der Waals surface area contributed by atoms with Crippen molar-refractivity contribution >= 4 is 46.8 Å². The molecule has 37 heavy (non-hydrogen) atoms. The molecule has 0 saturated heterocycles. The molecule has 0 bridgehead atoms. The minimum atomic E-state index is -0.687. The van der Waals surface area contributed by atoms with Gasteiger partial charge < -0.3 is 15.0 Å². The molecule has 0 spiro atoms. The highest BCUT2D eigenvalue weighted by Crippen LogP contribution is 2.25. The highest BCUT2D eigenvalue weighted by atomic mass is 35.5. The van der Waals surface area contributed by atoms with Crippen LogP contribution in [0.5, 0.6) is 5.75 Å². The van der Waals surface area contributed by atoms with Crippen LogP contribution in [0.15, 0.2) is 72.8 Å². The Bertz CT molecular complexity index is 1170. The number of carbonyl (C=O) groups excluding carboxylic acids is 2. The van der Waals surface area contributed by atoms with Gasteiger partial charge in [-0.2, -0.15) is 0 Å². The van der Waals surface area contributed by atoms with E-state index in [1.807, 2.05) is 74.5 Å². The molecule has 0 fully saturated rings. The first-order chi connectivity index (χ1) is 17.8. The van der Waals surface area contributed by atoms with Gasteiger partial charge in [-0.05, 0) is 54.8 Å². The third kappa shape index (κ3) is 8.99. The molecule has 0 unspecified atom stereocenters. The summed E-state index contributed by atoms with van der Waals surface area (Å²) in [7, 11) is 1.63. The number of halogens is 2. The van der Waals surface area contributed by atoms with Crippen molar-refractivity contribution in [1.82, 2.24) is 10.2 Å². The van der Waals surface area contributed by atoms with Crippen molar-refractivity contribution in [3.05, 3.63) is 99.5 Å². The van der Waals surface area contributed by atoms with E-state index in [-0.39, 0.29) is 30.2 Å². The van der Waals surface area contributed by atoms with Crippen LogP contribution in [-0.4, -0.2) is 41.7 Å². The highest BCUT2D eigenvalue weighted by molar-refractivity contribution is 7.99. The van der Waals surface area contributed by atoms with Gasteiger partial charge in [-0.1, -0.05) is 71.7 Å². The number of ether oxygens (including phenoxy) is 1. The molecule has 3 rings (SSSR count). The molecule has 0 aliphatic rings. The van der Waals surface area contributed by atoms with Gasteiger partial charge in [-0.3, -0.25) is 9.59 Å². The predicted molar refractivity (Wildman–Crippen MR) is 153 cm³/mol. The lowest BCUT2D eigenvalue weighted by Gasteiger charge is -2.32. The number of methoxy groups -OCH3 is 1. The van der Waals surface area contributed by atoms with Crippen molar-refractivity contribution in [2.45, 2.75) is 44.6 Å². The second-order valence-corrected chi connectivity index (χ2v) is 10.8. The summed E-state index contributed by atoms with van der Waals surface area (Å²) < 4.78 is 5.22. The number of thioether (sulfide) groups is 1. The van der Waals surface area contributed by atoms with E-state index in [0.29, 0.717) is 22.2 Å². The van der Waals surface area contributed by atoms with E-state index in [4.69, 9.17) is 27.9 Å². The topological polar surface area (TPSA) is 58.6 Å². The molecule has 1 N–H and O–H groups in total. The number of hydrogen-bond donors (Lipinski definition) is 1. The number of carbonyl (C=O) groups is 2. The van der Waals surface area contributed by atoms with E-state index in [0.717, 1.165) is 22.4 Å². The summed E-state index contributed by atoms with van der Waals surface area (Å²) in [6.45, 7) is 4.06. The standard InChI is InChI=1S/C29H32Cl2N2O3S/c1-20(2)32-29(35)27(16-21-7-5-4-6-8-21)33(17-23-11-14-25(30)26(31)15-23)28(34)19-37-18-22-9-12-24(36-3)13-10-22/h4-15,20,27H,16-19H2,1-3H3,(H,32,35)/t27-/m0/s1. The zero-order valence-electron chi connectivity index (χ0n) is 21.2. The molecule has 0 radical (unpaired) electrons. The molecule has 3 aromatic carbocycles. The van der Waals surface area contributed by atoms with Gasteiger partial charge in [0.15, 0.2) is 0 Å². The van der Waals surface area contributed by atoms with E-state index < -0.39 is 6.04 Å². The maximum absolute atomic E-state index is 13.7. The Morgan fingerprint density at radius 1 is 0.919 bits per heavy atom. The van der Waals surface area contributed by atoms with Gasteiger partial charge in [0.2, 0.25) is 11.8 Å². The van der Waals surface area contributed by atoms with Crippen LogP contribution in [0.1, 0.15) is 30.5 Å². The minimum absolute atomic E-state index is 0.0582. The fourth-order valence-corrected chi connectivity index (χ4v) is 5.02. The molecule has 8 heteroatoms. The van der Waals surface area contributed by atoms with E-state index in [9.17, 15) is 9.59 Å². The van der Waals surface area contributed by atoms with Gasteiger partial charge in [0.1, 0.15) is 11.8 Å². The van der Waals surface area contributed by atoms with Gasteiger partial charge in [-0.15, -0.1) is 11.8 Å². The van der Waals surface area contributed by atoms with Gasteiger partial charge in [0, 0.05) is 24.8 Å². The van der Waals surface area contributed by atoms with E-state index >= 15 is 0 Å². The fourth-order valence-electron chi connectivity index (χ4n) is 3.83. The lowest BCUT2D eigenvalue weighted by atomic mass is 10.0. The predicted octanol–water partition coefficient (Wildman–Crippen LogP) is 6.40. The molecule has 3 aromatic rings. The number of rotatable bonds is 12. The Kier molecular flexibility index (Phi) is 11.2. The summed E-state index contributed by atoms with van der Waals surface area (Å²) in [4.78, 5) is 28.7. The van der Waals surface area contributed by atoms with Crippen molar-refractivity contribution in [3.63, 3.8) is 0 Å². The van der Waals surface area contributed by atoms with Gasteiger partial charge in [0.25, 0.3) is 0 Å². The van der Waals surface area contributed by atoms with E-state index in [1.165, 1.54) is 11.8 Å². The summed E-state index contributed by atoms with van der Waals surface area (Å²) in [6, 6.07) is 22.1. The Hall–Kier alpha value is -2.67. The summed E-state index contributed by atoms with van der Waals surface area (Å²) in [5, 5.41) is 3.85. The van der Waals surface area contributed by atoms with Crippen molar-refractivity contribution in [1.29, 1.82) is 0 Å². The van der Waals surface area contributed by atoms with Gasteiger partial charge >= 0.3 is 0 Å². The van der Waals surface area contributed by atoms with Crippen LogP contribution in [-0.2, 0) is 28.3 Å². The van der Waals surface area contributed by atoms with Crippen LogP contribution >= 0.6 is 35.0 Å². The second-order valence-electron chi connectivity index (χ2n) is 8.98. The van der Waals surface area contributed by atoms with Crippen molar-refractivity contribution in [2.24, 2.45) is 0 Å². The molecule has 1 atom stereocenters. The number of amides is 2. The first-order valence-corrected chi connectivity index (χ1v) is 14.0. The lowest BCUT2D eigenvalue weighted by molar-refractivity contribution is -0.139. The highest BCUT2D eigenvalue weighted by Gasteiger charge is 2.30. The Morgan fingerprint density at radius 3 is 2.22 bits per heavy atom. The number of benzene rings is 3. The van der Waals surface area contributed by atoms with Crippen LogP contribution < -0.4 is 10.1 Å². The number of nitrogens with one attached hydrogen (secondary N) is 1. The first-order valence-electron chi connectivity index (χ1n) is 12.0. The quantitative estimate of drug-likeness (QED) is 0.279. The van der Waals surface area contributed by atoms with Crippen molar-refractivity contribution < 1.29 is 14.3 Å². The largest absolute Gasteiger partial charge is 0.497 e. The SMILES string of the molecule is COc1ccc(CSCC(=O)N(Cc2ccc(Cl)c(Cl)c2)[C@@H](Cc2ccccc2)C(=O)NC(C)C)cc1. The second kappa shape index (κ2) is 14.3. The molecule has 0 saturated carbocycles.